The first-order chi connectivity index (χ1) is 12.3. The van der Waals surface area contributed by atoms with Crippen molar-refractivity contribution < 1.29 is 13.9 Å². The third-order valence-electron chi connectivity index (χ3n) is 4.53. The van der Waals surface area contributed by atoms with E-state index < -0.39 is 0 Å². The minimum Gasteiger partial charge on any atom is -0.464 e. The van der Waals surface area contributed by atoms with Gasteiger partial charge in [-0.3, -0.25) is 4.79 Å². The fraction of sp³-hybridized carbons (Fsp3) is 0.316. The fourth-order valence-electron chi connectivity index (χ4n) is 3.33. The zero-order valence-electron chi connectivity index (χ0n) is 13.8. The molecular formula is C19H19N3O3. The van der Waals surface area contributed by atoms with Gasteiger partial charge in [0.25, 0.3) is 5.91 Å². The monoisotopic (exact) mass is 337 g/mol. The molecule has 0 unspecified atom stereocenters. The highest BCUT2D eigenvalue weighted by molar-refractivity contribution is 5.93. The van der Waals surface area contributed by atoms with Crippen LogP contribution in [0.4, 0.5) is 0 Å². The van der Waals surface area contributed by atoms with E-state index in [0.29, 0.717) is 31.9 Å². The first-order valence-electron chi connectivity index (χ1n) is 8.38. The summed E-state index contributed by atoms with van der Waals surface area (Å²) in [5.41, 5.74) is 2.62. The number of carbonyl (C=O) groups excluding carboxylic acids is 1. The molecule has 0 N–H and O–H groups in total. The largest absolute Gasteiger partial charge is 0.464 e. The molecule has 0 saturated carbocycles. The smallest absolute Gasteiger partial charge is 0.257 e. The Bertz CT molecular complexity index is 862. The highest BCUT2D eigenvalue weighted by atomic mass is 16.5. The van der Waals surface area contributed by atoms with Gasteiger partial charge in [0.2, 0.25) is 0 Å². The zero-order valence-corrected chi connectivity index (χ0v) is 13.8. The van der Waals surface area contributed by atoms with Crippen LogP contribution >= 0.6 is 0 Å². The van der Waals surface area contributed by atoms with Crippen molar-refractivity contribution in [2.45, 2.75) is 6.42 Å². The predicted octanol–water partition coefficient (Wildman–Crippen LogP) is 2.55. The molecule has 0 spiro atoms. The molecule has 0 aliphatic carbocycles. The van der Waals surface area contributed by atoms with E-state index in [-0.39, 0.29) is 11.8 Å². The number of fused-ring (bicyclic) bond motifs is 1. The standard InChI is InChI=1S/C19H19N3O3/c23-19(16-9-20-13-21-10-16)22-5-7-24-12-14(11-22)8-15-2-1-3-18-17(15)4-6-25-18/h1-4,6,9-10,13-14H,5,7-8,11-12H2/t14-/m1/s1. The Labute approximate surface area is 145 Å². The van der Waals surface area contributed by atoms with E-state index in [9.17, 15) is 4.79 Å². The lowest BCUT2D eigenvalue weighted by atomic mass is 9.97. The van der Waals surface area contributed by atoms with Crippen molar-refractivity contribution in [1.82, 2.24) is 14.9 Å². The van der Waals surface area contributed by atoms with Crippen molar-refractivity contribution in [1.29, 1.82) is 0 Å². The second-order valence-electron chi connectivity index (χ2n) is 6.27. The number of aromatic nitrogens is 2. The summed E-state index contributed by atoms with van der Waals surface area (Å²) in [7, 11) is 0. The normalized spacial score (nSPS) is 18.2. The number of amides is 1. The Morgan fingerprint density at radius 1 is 1.24 bits per heavy atom. The molecule has 1 fully saturated rings. The van der Waals surface area contributed by atoms with Crippen molar-refractivity contribution in [3.05, 3.63) is 60.4 Å². The molecule has 1 aliphatic rings. The van der Waals surface area contributed by atoms with E-state index in [1.807, 2.05) is 23.1 Å². The maximum atomic E-state index is 12.7. The van der Waals surface area contributed by atoms with Crippen LogP contribution in [0.2, 0.25) is 0 Å². The van der Waals surface area contributed by atoms with Crippen LogP contribution in [0.5, 0.6) is 0 Å². The highest BCUT2D eigenvalue weighted by Gasteiger charge is 2.24. The molecule has 128 valence electrons. The van der Waals surface area contributed by atoms with E-state index in [1.165, 1.54) is 11.9 Å². The summed E-state index contributed by atoms with van der Waals surface area (Å²) in [5.74, 6) is 0.189. The molecule has 1 amide bonds. The van der Waals surface area contributed by atoms with E-state index in [0.717, 1.165) is 17.4 Å². The maximum absolute atomic E-state index is 12.7. The number of benzene rings is 1. The lowest BCUT2D eigenvalue weighted by Crippen LogP contribution is -2.36. The molecule has 25 heavy (non-hydrogen) atoms. The fourth-order valence-corrected chi connectivity index (χ4v) is 3.33. The van der Waals surface area contributed by atoms with Gasteiger partial charge in [0.15, 0.2) is 0 Å². The summed E-state index contributed by atoms with van der Waals surface area (Å²) in [6.45, 7) is 2.43. The SMILES string of the molecule is O=C(c1cncnc1)N1CCOC[C@H](Cc2cccc3occc23)C1. The van der Waals surface area contributed by atoms with Gasteiger partial charge in [-0.15, -0.1) is 0 Å². The van der Waals surface area contributed by atoms with Crippen molar-refractivity contribution >= 4 is 16.9 Å². The van der Waals surface area contributed by atoms with Crippen molar-refractivity contribution in [2.24, 2.45) is 5.92 Å². The van der Waals surface area contributed by atoms with Gasteiger partial charge in [-0.1, -0.05) is 12.1 Å². The molecule has 0 bridgehead atoms. The Morgan fingerprint density at radius 2 is 2.12 bits per heavy atom. The van der Waals surface area contributed by atoms with E-state index in [4.69, 9.17) is 9.15 Å². The van der Waals surface area contributed by atoms with Crippen LogP contribution in [0, 0.1) is 5.92 Å². The quantitative estimate of drug-likeness (QED) is 0.735. The van der Waals surface area contributed by atoms with E-state index in [2.05, 4.69) is 16.0 Å². The predicted molar refractivity (Wildman–Crippen MR) is 92.2 cm³/mol. The summed E-state index contributed by atoms with van der Waals surface area (Å²) < 4.78 is 11.2. The van der Waals surface area contributed by atoms with Gasteiger partial charge in [0.05, 0.1) is 25.0 Å². The number of hydrogen-bond acceptors (Lipinski definition) is 5. The lowest BCUT2D eigenvalue weighted by molar-refractivity contribution is 0.0736. The minimum atomic E-state index is -0.0439. The molecule has 1 atom stereocenters. The second-order valence-corrected chi connectivity index (χ2v) is 6.27. The van der Waals surface area contributed by atoms with Crippen LogP contribution in [0.25, 0.3) is 11.0 Å². The molecule has 3 heterocycles. The van der Waals surface area contributed by atoms with Gasteiger partial charge in [-0.05, 0) is 24.1 Å². The average molecular weight is 337 g/mol. The number of hydrogen-bond donors (Lipinski definition) is 0. The van der Waals surface area contributed by atoms with E-state index >= 15 is 0 Å². The lowest BCUT2D eigenvalue weighted by Gasteiger charge is -2.23. The first kappa shape index (κ1) is 15.8. The van der Waals surface area contributed by atoms with Crippen LogP contribution in [0.1, 0.15) is 15.9 Å². The van der Waals surface area contributed by atoms with Gasteiger partial charge in [-0.25, -0.2) is 9.97 Å². The number of nitrogens with zero attached hydrogens (tertiary/aromatic N) is 3. The summed E-state index contributed by atoms with van der Waals surface area (Å²) in [6, 6.07) is 8.07. The van der Waals surface area contributed by atoms with Crippen molar-refractivity contribution in [2.75, 3.05) is 26.3 Å². The summed E-state index contributed by atoms with van der Waals surface area (Å²) in [4.78, 5) is 22.4. The molecule has 1 aromatic carbocycles. The highest BCUT2D eigenvalue weighted by Crippen LogP contribution is 2.24. The Hall–Kier alpha value is -2.73. The summed E-state index contributed by atoms with van der Waals surface area (Å²) in [6.07, 6.45) is 7.09. The molecule has 3 aromatic rings. The van der Waals surface area contributed by atoms with Crippen LogP contribution < -0.4 is 0 Å². The Balaban J connectivity index is 1.52. The molecule has 6 heteroatoms. The zero-order chi connectivity index (χ0) is 17.1. The van der Waals surface area contributed by atoms with Crippen LogP contribution in [0.3, 0.4) is 0 Å². The van der Waals surface area contributed by atoms with Crippen LogP contribution in [-0.4, -0.2) is 47.1 Å². The molecule has 1 aliphatic heterocycles. The minimum absolute atomic E-state index is 0.0439. The Kier molecular flexibility index (Phi) is 4.43. The Morgan fingerprint density at radius 3 is 3.00 bits per heavy atom. The van der Waals surface area contributed by atoms with Crippen molar-refractivity contribution in [3.63, 3.8) is 0 Å². The number of furan rings is 1. The molecule has 0 radical (unpaired) electrons. The van der Waals surface area contributed by atoms with Gasteiger partial charge < -0.3 is 14.1 Å². The second kappa shape index (κ2) is 7.03. The number of rotatable bonds is 3. The van der Waals surface area contributed by atoms with Gasteiger partial charge in [-0.2, -0.15) is 0 Å². The topological polar surface area (TPSA) is 68.5 Å². The number of carbonyl (C=O) groups is 1. The molecule has 6 nitrogen and oxygen atoms in total. The third-order valence-corrected chi connectivity index (χ3v) is 4.53. The molecular weight excluding hydrogens is 318 g/mol. The van der Waals surface area contributed by atoms with Crippen LogP contribution in [-0.2, 0) is 11.2 Å². The van der Waals surface area contributed by atoms with Gasteiger partial charge >= 0.3 is 0 Å². The third kappa shape index (κ3) is 3.39. The van der Waals surface area contributed by atoms with Gasteiger partial charge in [0.1, 0.15) is 11.9 Å². The number of ether oxygens (including phenoxy) is 1. The van der Waals surface area contributed by atoms with Crippen LogP contribution in [0.15, 0.2) is 53.7 Å². The molecule has 1 saturated heterocycles. The summed E-state index contributed by atoms with van der Waals surface area (Å²) in [5, 5.41) is 1.13. The summed E-state index contributed by atoms with van der Waals surface area (Å²) >= 11 is 0. The molecule has 4 rings (SSSR count). The maximum Gasteiger partial charge on any atom is 0.257 e. The average Bonchev–Trinajstić information content (AvgIpc) is 3.02. The first-order valence-corrected chi connectivity index (χ1v) is 8.38. The van der Waals surface area contributed by atoms with E-state index in [1.54, 1.807) is 18.7 Å². The van der Waals surface area contributed by atoms with Crippen molar-refractivity contribution in [3.8, 4) is 0 Å². The van der Waals surface area contributed by atoms with Gasteiger partial charge in [0, 0.05) is 36.8 Å². The molecule has 2 aromatic heterocycles.